The number of anilines is 1. The second-order valence-electron chi connectivity index (χ2n) is 5.48. The van der Waals surface area contributed by atoms with Crippen molar-refractivity contribution in [2.45, 2.75) is 50.3 Å². The Morgan fingerprint density at radius 3 is 2.38 bits per heavy atom. The van der Waals surface area contributed by atoms with Crippen LogP contribution in [-0.4, -0.2) is 37.3 Å². The van der Waals surface area contributed by atoms with Crippen LogP contribution >= 0.6 is 0 Å². The lowest BCUT2D eigenvalue weighted by molar-refractivity contribution is 0.364. The molecule has 0 atom stereocenters. The Bertz CT molecular complexity index is 520. The molecule has 1 aliphatic rings. The van der Waals surface area contributed by atoms with Crippen LogP contribution in [0.25, 0.3) is 0 Å². The number of hydrogen-bond acceptors (Lipinski definition) is 4. The van der Waals surface area contributed by atoms with Gasteiger partial charge in [-0.25, -0.2) is 13.4 Å². The smallest absolute Gasteiger partial charge is 0.244 e. The van der Waals surface area contributed by atoms with Crippen LogP contribution in [0.2, 0.25) is 0 Å². The van der Waals surface area contributed by atoms with Crippen LogP contribution in [0.15, 0.2) is 23.2 Å². The molecule has 21 heavy (non-hydrogen) atoms. The van der Waals surface area contributed by atoms with Gasteiger partial charge < -0.3 is 5.32 Å². The van der Waals surface area contributed by atoms with E-state index in [1.54, 1.807) is 16.4 Å². The molecule has 0 saturated carbocycles. The Kier molecular flexibility index (Phi) is 5.99. The number of aromatic nitrogens is 1. The van der Waals surface area contributed by atoms with Crippen LogP contribution in [0.1, 0.15) is 45.4 Å². The number of sulfonamides is 1. The van der Waals surface area contributed by atoms with Crippen LogP contribution in [0, 0.1) is 0 Å². The predicted molar refractivity (Wildman–Crippen MR) is 84.9 cm³/mol. The Hall–Kier alpha value is -1.14. The third-order valence-electron chi connectivity index (χ3n) is 3.75. The van der Waals surface area contributed by atoms with E-state index >= 15 is 0 Å². The lowest BCUT2D eigenvalue weighted by atomic mass is 10.1. The zero-order valence-corrected chi connectivity index (χ0v) is 13.5. The Morgan fingerprint density at radius 1 is 1.14 bits per heavy atom. The molecule has 118 valence electrons. The third-order valence-corrected chi connectivity index (χ3v) is 5.63. The van der Waals surface area contributed by atoms with Crippen molar-refractivity contribution in [2.75, 3.05) is 25.0 Å². The van der Waals surface area contributed by atoms with Gasteiger partial charge in [0.1, 0.15) is 10.7 Å². The first-order chi connectivity index (χ1) is 10.1. The molecule has 0 bridgehead atoms. The second kappa shape index (κ2) is 7.75. The maximum Gasteiger partial charge on any atom is 0.244 e. The first-order valence-corrected chi connectivity index (χ1v) is 9.28. The maximum atomic E-state index is 12.6. The summed E-state index contributed by atoms with van der Waals surface area (Å²) < 4.78 is 26.9. The van der Waals surface area contributed by atoms with Gasteiger partial charge in [0, 0.05) is 25.8 Å². The maximum absolute atomic E-state index is 12.6. The molecule has 1 aromatic heterocycles. The van der Waals surface area contributed by atoms with Gasteiger partial charge in [0.2, 0.25) is 10.0 Å². The molecule has 2 rings (SSSR count). The van der Waals surface area contributed by atoms with Crippen LogP contribution < -0.4 is 5.32 Å². The van der Waals surface area contributed by atoms with Crippen molar-refractivity contribution in [2.24, 2.45) is 0 Å². The van der Waals surface area contributed by atoms with Crippen LogP contribution in [0.3, 0.4) is 0 Å². The van der Waals surface area contributed by atoms with Gasteiger partial charge in [-0.3, -0.25) is 0 Å². The molecular formula is C15H25N3O2S. The van der Waals surface area contributed by atoms with E-state index in [4.69, 9.17) is 0 Å². The molecule has 1 fully saturated rings. The van der Waals surface area contributed by atoms with Crippen molar-refractivity contribution < 1.29 is 8.42 Å². The van der Waals surface area contributed by atoms with Crippen molar-refractivity contribution in [1.82, 2.24) is 9.29 Å². The molecule has 1 aliphatic heterocycles. The quantitative estimate of drug-likeness (QED) is 0.908. The predicted octanol–water partition coefficient (Wildman–Crippen LogP) is 2.86. The molecule has 5 nitrogen and oxygen atoms in total. The van der Waals surface area contributed by atoms with E-state index in [9.17, 15) is 8.42 Å². The highest BCUT2D eigenvalue weighted by atomic mass is 32.2. The number of hydrogen-bond donors (Lipinski definition) is 1. The number of nitrogens with one attached hydrogen (secondary N) is 1. The molecule has 1 N–H and O–H groups in total. The molecule has 0 aliphatic carbocycles. The average molecular weight is 311 g/mol. The topological polar surface area (TPSA) is 62.3 Å². The highest BCUT2D eigenvalue weighted by Gasteiger charge is 2.24. The van der Waals surface area contributed by atoms with Gasteiger partial charge in [0.15, 0.2) is 0 Å². The summed E-state index contributed by atoms with van der Waals surface area (Å²) in [5.41, 5.74) is 0. The summed E-state index contributed by atoms with van der Waals surface area (Å²) in [7, 11) is -3.40. The largest absolute Gasteiger partial charge is 0.370 e. The van der Waals surface area contributed by atoms with Gasteiger partial charge >= 0.3 is 0 Å². The summed E-state index contributed by atoms with van der Waals surface area (Å²) >= 11 is 0. The molecule has 1 saturated heterocycles. The fraction of sp³-hybridized carbons (Fsp3) is 0.667. The molecular weight excluding hydrogens is 286 g/mol. The van der Waals surface area contributed by atoms with E-state index in [1.165, 1.54) is 12.6 Å². The van der Waals surface area contributed by atoms with Crippen LogP contribution in [0.4, 0.5) is 5.82 Å². The molecule has 1 aromatic rings. The monoisotopic (exact) mass is 311 g/mol. The van der Waals surface area contributed by atoms with E-state index in [1.807, 2.05) is 0 Å². The van der Waals surface area contributed by atoms with Crippen molar-refractivity contribution in [1.29, 1.82) is 0 Å². The van der Waals surface area contributed by atoms with Crippen molar-refractivity contribution in [3.63, 3.8) is 0 Å². The van der Waals surface area contributed by atoms with E-state index in [0.717, 1.165) is 44.5 Å². The zero-order chi connectivity index (χ0) is 15.1. The highest BCUT2D eigenvalue weighted by Crippen LogP contribution is 2.20. The summed E-state index contributed by atoms with van der Waals surface area (Å²) in [6.07, 6.45) is 7.81. The molecule has 0 spiro atoms. The minimum absolute atomic E-state index is 0.296. The Balaban J connectivity index is 2.10. The Morgan fingerprint density at radius 2 is 1.81 bits per heavy atom. The van der Waals surface area contributed by atoms with Crippen molar-refractivity contribution >= 4 is 15.8 Å². The minimum atomic E-state index is -3.40. The summed E-state index contributed by atoms with van der Waals surface area (Å²) in [6.45, 7) is 4.16. The molecule has 6 heteroatoms. The van der Waals surface area contributed by atoms with Crippen LogP contribution in [0.5, 0.6) is 0 Å². The van der Waals surface area contributed by atoms with Gasteiger partial charge in [-0.1, -0.05) is 26.2 Å². The van der Waals surface area contributed by atoms with Gasteiger partial charge in [-0.15, -0.1) is 0 Å². The summed E-state index contributed by atoms with van der Waals surface area (Å²) in [5, 5.41) is 3.15. The van der Waals surface area contributed by atoms with Gasteiger partial charge in [0.05, 0.1) is 0 Å². The SMILES string of the molecule is CCCNc1ccc(S(=O)(=O)N2CCCCCCC2)cn1. The molecule has 0 unspecified atom stereocenters. The lowest BCUT2D eigenvalue weighted by Gasteiger charge is -2.24. The fourth-order valence-electron chi connectivity index (χ4n) is 2.50. The normalized spacial score (nSPS) is 18.0. The summed E-state index contributed by atoms with van der Waals surface area (Å²) in [6, 6.07) is 3.39. The lowest BCUT2D eigenvalue weighted by Crippen LogP contribution is -2.33. The number of nitrogens with zero attached hydrogens (tertiary/aromatic N) is 2. The van der Waals surface area contributed by atoms with E-state index < -0.39 is 10.0 Å². The third kappa shape index (κ3) is 4.41. The van der Waals surface area contributed by atoms with E-state index in [0.29, 0.717) is 18.0 Å². The zero-order valence-electron chi connectivity index (χ0n) is 12.7. The summed E-state index contributed by atoms with van der Waals surface area (Å²) in [5.74, 6) is 0.725. The fourth-order valence-corrected chi connectivity index (χ4v) is 3.96. The van der Waals surface area contributed by atoms with Gasteiger partial charge in [-0.05, 0) is 31.4 Å². The van der Waals surface area contributed by atoms with Crippen molar-refractivity contribution in [3.05, 3.63) is 18.3 Å². The molecule has 0 radical (unpaired) electrons. The van der Waals surface area contributed by atoms with E-state index in [-0.39, 0.29) is 0 Å². The first kappa shape index (κ1) is 16.2. The average Bonchev–Trinajstić information content (AvgIpc) is 2.45. The van der Waals surface area contributed by atoms with Crippen LogP contribution in [-0.2, 0) is 10.0 Å². The Labute approximate surface area is 127 Å². The van der Waals surface area contributed by atoms with Gasteiger partial charge in [-0.2, -0.15) is 4.31 Å². The van der Waals surface area contributed by atoms with Gasteiger partial charge in [0.25, 0.3) is 0 Å². The van der Waals surface area contributed by atoms with Crippen molar-refractivity contribution in [3.8, 4) is 0 Å². The van der Waals surface area contributed by atoms with E-state index in [2.05, 4.69) is 17.2 Å². The second-order valence-corrected chi connectivity index (χ2v) is 7.42. The molecule has 2 heterocycles. The molecule has 0 amide bonds. The summed E-state index contributed by atoms with van der Waals surface area (Å²) in [4.78, 5) is 4.50. The highest BCUT2D eigenvalue weighted by molar-refractivity contribution is 7.89. The number of rotatable bonds is 5. The molecule has 0 aromatic carbocycles. The number of pyridine rings is 1. The standard InChI is InChI=1S/C15H25N3O2S/c1-2-10-16-15-9-8-14(13-17-15)21(19,20)18-11-6-4-3-5-7-12-18/h8-9,13H,2-7,10-12H2,1H3,(H,16,17). The first-order valence-electron chi connectivity index (χ1n) is 7.84. The minimum Gasteiger partial charge on any atom is -0.370 e.